The number of aromatic nitrogens is 2. The van der Waals surface area contributed by atoms with Crippen LogP contribution in [0.5, 0.6) is 0 Å². The maximum Gasteiger partial charge on any atom is 0.225 e. The fourth-order valence-corrected chi connectivity index (χ4v) is 6.79. The molecule has 1 amide bonds. The van der Waals surface area contributed by atoms with Crippen molar-refractivity contribution in [2.45, 2.75) is 103 Å². The van der Waals surface area contributed by atoms with Gasteiger partial charge in [0.05, 0.1) is 0 Å². The van der Waals surface area contributed by atoms with Crippen LogP contribution in [-0.4, -0.2) is 46.5 Å². The second-order valence-electron chi connectivity index (χ2n) is 11.4. The quantitative estimate of drug-likeness (QED) is 0.513. The molecule has 4 fully saturated rings. The highest BCUT2D eigenvalue weighted by Gasteiger charge is 2.37. The van der Waals surface area contributed by atoms with Gasteiger partial charge < -0.3 is 9.80 Å². The lowest BCUT2D eigenvalue weighted by Gasteiger charge is -2.40. The van der Waals surface area contributed by atoms with E-state index in [9.17, 15) is 4.79 Å². The number of rotatable bonds is 8. The van der Waals surface area contributed by atoms with Crippen molar-refractivity contribution in [2.75, 3.05) is 24.5 Å². The number of carbonyl (C=O) groups excluding carboxylic acids is 1. The van der Waals surface area contributed by atoms with Crippen LogP contribution in [-0.2, 0) is 11.2 Å². The summed E-state index contributed by atoms with van der Waals surface area (Å²) in [6, 6.07) is 2.84. The van der Waals surface area contributed by atoms with Crippen molar-refractivity contribution in [2.24, 2.45) is 23.7 Å². The molecule has 0 spiro atoms. The Hall–Kier alpha value is -1.65. The molecule has 33 heavy (non-hydrogen) atoms. The highest BCUT2D eigenvalue weighted by molar-refractivity contribution is 5.79. The van der Waals surface area contributed by atoms with Crippen LogP contribution in [0.25, 0.3) is 0 Å². The van der Waals surface area contributed by atoms with Crippen molar-refractivity contribution >= 4 is 11.7 Å². The lowest BCUT2D eigenvalue weighted by molar-refractivity contribution is -0.138. The zero-order valence-corrected chi connectivity index (χ0v) is 20.8. The number of carbonyl (C=O) groups is 1. The summed E-state index contributed by atoms with van der Waals surface area (Å²) in [5, 5.41) is 0. The summed E-state index contributed by atoms with van der Waals surface area (Å²) in [7, 11) is 0. The van der Waals surface area contributed by atoms with Gasteiger partial charge in [0.1, 0.15) is 12.1 Å². The van der Waals surface area contributed by atoms with E-state index in [1.165, 1.54) is 63.5 Å². The molecule has 0 aromatic carbocycles. The number of hydrogen-bond acceptors (Lipinski definition) is 4. The smallest absolute Gasteiger partial charge is 0.225 e. The van der Waals surface area contributed by atoms with E-state index >= 15 is 0 Å². The first-order valence-electron chi connectivity index (χ1n) is 14.1. The van der Waals surface area contributed by atoms with E-state index in [0.717, 1.165) is 69.4 Å². The fourth-order valence-electron chi connectivity index (χ4n) is 6.79. The first-order valence-corrected chi connectivity index (χ1v) is 14.1. The molecule has 0 bridgehead atoms. The maximum atomic E-state index is 13.2. The first kappa shape index (κ1) is 23.1. The van der Waals surface area contributed by atoms with Gasteiger partial charge in [0.15, 0.2) is 0 Å². The molecule has 2 saturated heterocycles. The van der Waals surface area contributed by atoms with Gasteiger partial charge in [0.2, 0.25) is 5.91 Å². The van der Waals surface area contributed by atoms with Gasteiger partial charge in [-0.15, -0.1) is 0 Å². The molecule has 1 unspecified atom stereocenters. The highest BCUT2D eigenvalue weighted by Crippen LogP contribution is 2.37. The van der Waals surface area contributed by atoms with Crippen molar-refractivity contribution in [3.63, 3.8) is 0 Å². The van der Waals surface area contributed by atoms with Crippen molar-refractivity contribution in [3.05, 3.63) is 18.1 Å². The van der Waals surface area contributed by atoms with Gasteiger partial charge in [0.25, 0.3) is 0 Å². The molecule has 5 nitrogen and oxygen atoms in total. The molecule has 2 saturated carbocycles. The average Bonchev–Trinajstić information content (AvgIpc) is 3.54. The van der Waals surface area contributed by atoms with Crippen LogP contribution in [0.15, 0.2) is 12.4 Å². The Morgan fingerprint density at radius 2 is 1.70 bits per heavy atom. The molecule has 1 atom stereocenters. The second kappa shape index (κ2) is 10.7. The van der Waals surface area contributed by atoms with Crippen LogP contribution in [0.4, 0.5) is 5.82 Å². The molecule has 3 heterocycles. The molecule has 1 aromatic rings. The molecular formula is C28H44N4O. The van der Waals surface area contributed by atoms with E-state index in [4.69, 9.17) is 0 Å². The Kier molecular flexibility index (Phi) is 7.52. The Morgan fingerprint density at radius 1 is 0.939 bits per heavy atom. The molecule has 1 aromatic heterocycles. The van der Waals surface area contributed by atoms with E-state index in [-0.39, 0.29) is 0 Å². The molecule has 5 rings (SSSR count). The van der Waals surface area contributed by atoms with Crippen LogP contribution in [0, 0.1) is 23.7 Å². The summed E-state index contributed by atoms with van der Waals surface area (Å²) in [6.45, 7) is 5.31. The Balaban J connectivity index is 1.12. The highest BCUT2D eigenvalue weighted by atomic mass is 16.2. The topological polar surface area (TPSA) is 49.3 Å². The Labute approximate surface area is 200 Å². The van der Waals surface area contributed by atoms with Crippen molar-refractivity contribution < 1.29 is 4.79 Å². The van der Waals surface area contributed by atoms with E-state index in [1.54, 1.807) is 6.33 Å². The van der Waals surface area contributed by atoms with Gasteiger partial charge in [-0.1, -0.05) is 26.2 Å². The summed E-state index contributed by atoms with van der Waals surface area (Å²) >= 11 is 0. The number of piperidine rings is 1. The fraction of sp³-hybridized carbons (Fsp3) is 0.821. The third-order valence-corrected chi connectivity index (χ3v) is 9.05. The number of anilines is 1. The van der Waals surface area contributed by atoms with Gasteiger partial charge >= 0.3 is 0 Å². The monoisotopic (exact) mass is 452 g/mol. The minimum absolute atomic E-state index is 0.299. The summed E-state index contributed by atoms with van der Waals surface area (Å²) in [5.41, 5.74) is 1.22. The predicted molar refractivity (Wildman–Crippen MR) is 133 cm³/mol. The molecule has 0 N–H and O–H groups in total. The maximum absolute atomic E-state index is 13.2. The summed E-state index contributed by atoms with van der Waals surface area (Å²) in [4.78, 5) is 27.2. The molecule has 2 aliphatic heterocycles. The van der Waals surface area contributed by atoms with E-state index in [1.807, 2.05) is 0 Å². The first-order chi connectivity index (χ1) is 16.2. The number of nitrogens with zero attached hydrogens (tertiary/aromatic N) is 4. The minimum Gasteiger partial charge on any atom is -0.353 e. The third-order valence-electron chi connectivity index (χ3n) is 9.05. The Bertz CT molecular complexity index is 778. The van der Waals surface area contributed by atoms with Crippen LogP contribution in [0.1, 0.15) is 96.1 Å². The number of likely N-dealkylation sites (tertiary alicyclic amines) is 1. The standard InChI is InChI=1S/C28H44N4O/c1-2-3-5-21-9-11-24(12-10-21)28(33)31-16-13-23(14-17-31)26-6-4-15-32(26)27-19-25(29-20-30-27)18-22-7-8-22/h19-24,26H,2-18H2,1H3. The van der Waals surface area contributed by atoms with Gasteiger partial charge in [-0.2, -0.15) is 0 Å². The van der Waals surface area contributed by atoms with Crippen LogP contribution in [0.3, 0.4) is 0 Å². The number of hydrogen-bond donors (Lipinski definition) is 0. The normalized spacial score (nSPS) is 28.9. The Morgan fingerprint density at radius 3 is 2.42 bits per heavy atom. The SMILES string of the molecule is CCCCC1CCC(C(=O)N2CCC(C3CCCN3c3cc(CC4CC4)ncn3)CC2)CC1. The molecule has 2 aliphatic carbocycles. The van der Waals surface area contributed by atoms with E-state index in [0.29, 0.717) is 23.8 Å². The van der Waals surface area contributed by atoms with Crippen molar-refractivity contribution in [1.29, 1.82) is 0 Å². The third kappa shape index (κ3) is 5.71. The van der Waals surface area contributed by atoms with Gasteiger partial charge in [-0.3, -0.25) is 4.79 Å². The van der Waals surface area contributed by atoms with E-state index in [2.05, 4.69) is 32.8 Å². The molecule has 5 heteroatoms. The summed E-state index contributed by atoms with van der Waals surface area (Å²) in [6.07, 6.45) is 19.3. The summed E-state index contributed by atoms with van der Waals surface area (Å²) in [5.74, 6) is 4.32. The number of unbranched alkanes of at least 4 members (excludes halogenated alkanes) is 1. The average molecular weight is 453 g/mol. The van der Waals surface area contributed by atoms with Crippen molar-refractivity contribution in [1.82, 2.24) is 14.9 Å². The van der Waals surface area contributed by atoms with Crippen LogP contribution >= 0.6 is 0 Å². The second-order valence-corrected chi connectivity index (χ2v) is 11.4. The predicted octanol–water partition coefficient (Wildman–Crippen LogP) is 5.63. The minimum atomic E-state index is 0.299. The molecule has 4 aliphatic rings. The molecule has 0 radical (unpaired) electrons. The zero-order chi connectivity index (χ0) is 22.6. The number of amides is 1. The summed E-state index contributed by atoms with van der Waals surface area (Å²) < 4.78 is 0. The lowest BCUT2D eigenvalue weighted by atomic mass is 9.79. The zero-order valence-electron chi connectivity index (χ0n) is 20.8. The van der Waals surface area contributed by atoms with Gasteiger partial charge in [-0.05, 0) is 88.4 Å². The lowest BCUT2D eigenvalue weighted by Crippen LogP contribution is -2.47. The largest absolute Gasteiger partial charge is 0.353 e. The van der Waals surface area contributed by atoms with Gasteiger partial charge in [-0.25, -0.2) is 9.97 Å². The van der Waals surface area contributed by atoms with Crippen LogP contribution in [0.2, 0.25) is 0 Å². The molecular weight excluding hydrogens is 408 g/mol. The molecule has 182 valence electrons. The van der Waals surface area contributed by atoms with Crippen molar-refractivity contribution in [3.8, 4) is 0 Å². The van der Waals surface area contributed by atoms with Crippen LogP contribution < -0.4 is 4.90 Å². The van der Waals surface area contributed by atoms with Gasteiger partial charge in [0, 0.05) is 43.4 Å². The van der Waals surface area contributed by atoms with E-state index < -0.39 is 0 Å².